The number of hydrogen-bond acceptors (Lipinski definition) is 4. The first kappa shape index (κ1) is 16.2. The van der Waals surface area contributed by atoms with E-state index in [-0.39, 0.29) is 11.8 Å². The maximum Gasteiger partial charge on any atom is 0.228 e. The van der Waals surface area contributed by atoms with E-state index in [2.05, 4.69) is 16.4 Å². The first-order valence-corrected chi connectivity index (χ1v) is 8.18. The molecule has 0 spiro atoms. The summed E-state index contributed by atoms with van der Waals surface area (Å²) in [6.07, 6.45) is 5.05. The zero-order chi connectivity index (χ0) is 16.1. The van der Waals surface area contributed by atoms with Crippen molar-refractivity contribution >= 4 is 22.2 Å². The molecule has 4 nitrogen and oxygen atoms in total. The lowest BCUT2D eigenvalue weighted by molar-refractivity contribution is -0.120. The highest BCUT2D eigenvalue weighted by Gasteiger charge is 2.20. The predicted molar refractivity (Wildman–Crippen MR) is 89.7 cm³/mol. The van der Waals surface area contributed by atoms with Gasteiger partial charge < -0.3 is 5.32 Å². The summed E-state index contributed by atoms with van der Waals surface area (Å²) in [5, 5.41) is 13.0. The van der Waals surface area contributed by atoms with Crippen molar-refractivity contribution in [3.8, 4) is 16.5 Å². The number of anilines is 1. The van der Waals surface area contributed by atoms with Crippen LogP contribution in [-0.2, 0) is 4.79 Å². The number of rotatable bonds is 5. The molecule has 0 saturated heterocycles. The van der Waals surface area contributed by atoms with Crippen molar-refractivity contribution in [1.82, 2.24) is 4.98 Å². The van der Waals surface area contributed by atoms with E-state index in [1.807, 2.05) is 32.9 Å². The van der Waals surface area contributed by atoms with Gasteiger partial charge in [-0.25, -0.2) is 0 Å². The Hall–Kier alpha value is -2.19. The number of nitrogens with one attached hydrogen (secondary N) is 1. The van der Waals surface area contributed by atoms with Gasteiger partial charge in [-0.1, -0.05) is 13.8 Å². The highest BCUT2D eigenvalue weighted by molar-refractivity contribution is 7.20. The van der Waals surface area contributed by atoms with Crippen molar-refractivity contribution in [3.05, 3.63) is 35.7 Å². The molecule has 2 aromatic rings. The van der Waals surface area contributed by atoms with Crippen LogP contribution in [0.5, 0.6) is 0 Å². The third kappa shape index (κ3) is 3.18. The van der Waals surface area contributed by atoms with Crippen molar-refractivity contribution in [3.63, 3.8) is 0 Å². The summed E-state index contributed by atoms with van der Waals surface area (Å²) < 4.78 is 0. The van der Waals surface area contributed by atoms with Crippen molar-refractivity contribution in [2.75, 3.05) is 5.32 Å². The van der Waals surface area contributed by atoms with Gasteiger partial charge in [-0.2, -0.15) is 5.26 Å². The van der Waals surface area contributed by atoms with E-state index < -0.39 is 0 Å². The van der Waals surface area contributed by atoms with E-state index in [4.69, 9.17) is 0 Å². The third-order valence-electron chi connectivity index (χ3n) is 3.79. The minimum Gasteiger partial charge on any atom is -0.316 e. The number of aromatic nitrogens is 1. The topological polar surface area (TPSA) is 65.8 Å². The molecule has 0 bridgehead atoms. The highest BCUT2D eigenvalue weighted by Crippen LogP contribution is 2.39. The van der Waals surface area contributed by atoms with Crippen LogP contribution in [0.15, 0.2) is 24.5 Å². The largest absolute Gasteiger partial charge is 0.316 e. The van der Waals surface area contributed by atoms with E-state index in [0.29, 0.717) is 10.6 Å². The van der Waals surface area contributed by atoms with Gasteiger partial charge in [0.05, 0.1) is 5.56 Å². The molecule has 0 fully saturated rings. The van der Waals surface area contributed by atoms with Crippen LogP contribution < -0.4 is 5.32 Å². The second-order valence-electron chi connectivity index (χ2n) is 5.11. The average Bonchev–Trinajstić information content (AvgIpc) is 2.85. The molecule has 0 aliphatic heterocycles. The van der Waals surface area contributed by atoms with Gasteiger partial charge >= 0.3 is 0 Å². The van der Waals surface area contributed by atoms with E-state index in [0.717, 1.165) is 28.8 Å². The summed E-state index contributed by atoms with van der Waals surface area (Å²) in [7, 11) is 0. The fourth-order valence-electron chi connectivity index (χ4n) is 2.39. The number of pyridine rings is 1. The zero-order valence-corrected chi connectivity index (χ0v) is 13.8. The molecular formula is C17H19N3OS. The van der Waals surface area contributed by atoms with Gasteiger partial charge in [0.1, 0.15) is 11.1 Å². The lowest BCUT2D eigenvalue weighted by atomic mass is 10.0. The van der Waals surface area contributed by atoms with Crippen LogP contribution in [0.4, 0.5) is 5.00 Å². The molecule has 22 heavy (non-hydrogen) atoms. The molecule has 2 heterocycles. The molecule has 0 atom stereocenters. The van der Waals surface area contributed by atoms with E-state index >= 15 is 0 Å². The fraction of sp³-hybridized carbons (Fsp3) is 0.353. The number of nitrogens with zero attached hydrogens (tertiary/aromatic N) is 2. The second kappa shape index (κ2) is 7.19. The lowest BCUT2D eigenvalue weighted by Gasteiger charge is -2.11. The summed E-state index contributed by atoms with van der Waals surface area (Å²) in [5.41, 5.74) is 2.46. The Morgan fingerprint density at radius 1 is 1.36 bits per heavy atom. The molecule has 1 N–H and O–H groups in total. The number of thiophene rings is 1. The molecule has 0 aromatic carbocycles. The molecular weight excluding hydrogens is 294 g/mol. The second-order valence-corrected chi connectivity index (χ2v) is 6.13. The van der Waals surface area contributed by atoms with Crippen molar-refractivity contribution in [1.29, 1.82) is 5.26 Å². The normalized spacial score (nSPS) is 10.5. The molecule has 1 amide bonds. The Morgan fingerprint density at radius 3 is 2.55 bits per heavy atom. The molecule has 0 radical (unpaired) electrons. The minimum atomic E-state index is -0.0154. The minimum absolute atomic E-state index is 0.0102. The van der Waals surface area contributed by atoms with Crippen molar-refractivity contribution in [2.45, 2.75) is 33.6 Å². The van der Waals surface area contributed by atoms with Gasteiger partial charge in [0.2, 0.25) is 5.91 Å². The van der Waals surface area contributed by atoms with Gasteiger partial charge in [0, 0.05) is 23.2 Å². The van der Waals surface area contributed by atoms with Crippen molar-refractivity contribution < 1.29 is 4.79 Å². The predicted octanol–water partition coefficient (Wildman–Crippen LogP) is 4.36. The Morgan fingerprint density at radius 2 is 2.00 bits per heavy atom. The Balaban J connectivity index is 2.38. The monoisotopic (exact) mass is 313 g/mol. The molecule has 2 rings (SSSR count). The molecule has 114 valence electrons. The van der Waals surface area contributed by atoms with Gasteiger partial charge in [-0.15, -0.1) is 11.3 Å². The summed E-state index contributed by atoms with van der Waals surface area (Å²) in [6.45, 7) is 5.92. The van der Waals surface area contributed by atoms with Gasteiger partial charge in [0.15, 0.2) is 0 Å². The standard InChI is InChI=1S/C17H19N3OS/c1-4-12(5-2)16(21)20-17-14(10-18)11(3)15(22-17)13-6-8-19-9-7-13/h6-9,12H,4-5H2,1-3H3,(H,20,21). The molecule has 0 aliphatic rings. The van der Waals surface area contributed by atoms with Gasteiger partial charge in [-0.05, 0) is 43.0 Å². The smallest absolute Gasteiger partial charge is 0.228 e. The van der Waals surface area contributed by atoms with Crippen LogP contribution in [0.1, 0.15) is 37.8 Å². The van der Waals surface area contributed by atoms with Crippen LogP contribution >= 0.6 is 11.3 Å². The van der Waals surface area contributed by atoms with Crippen LogP contribution in [-0.4, -0.2) is 10.9 Å². The summed E-state index contributed by atoms with van der Waals surface area (Å²) in [4.78, 5) is 17.3. The van der Waals surface area contributed by atoms with Crippen LogP contribution in [0.2, 0.25) is 0 Å². The van der Waals surface area contributed by atoms with Crippen LogP contribution in [0.25, 0.3) is 10.4 Å². The summed E-state index contributed by atoms with van der Waals surface area (Å²) >= 11 is 1.45. The number of hydrogen-bond donors (Lipinski definition) is 1. The Kier molecular flexibility index (Phi) is 5.29. The number of carbonyl (C=O) groups is 1. The van der Waals surface area contributed by atoms with Crippen LogP contribution in [0.3, 0.4) is 0 Å². The fourth-order valence-corrected chi connectivity index (χ4v) is 3.55. The Bertz CT molecular complexity index is 697. The summed E-state index contributed by atoms with van der Waals surface area (Å²) in [5.74, 6) is -0.0256. The average molecular weight is 313 g/mol. The highest BCUT2D eigenvalue weighted by atomic mass is 32.1. The third-order valence-corrected chi connectivity index (χ3v) is 5.05. The molecule has 2 aromatic heterocycles. The molecule has 0 saturated carbocycles. The van der Waals surface area contributed by atoms with Gasteiger partial charge in [0.25, 0.3) is 0 Å². The quantitative estimate of drug-likeness (QED) is 0.891. The molecule has 0 aliphatic carbocycles. The number of amides is 1. The van der Waals surface area contributed by atoms with Crippen LogP contribution in [0, 0.1) is 24.2 Å². The van der Waals surface area contributed by atoms with E-state index in [1.165, 1.54) is 11.3 Å². The maximum absolute atomic E-state index is 12.3. The number of nitriles is 1. The lowest BCUT2D eigenvalue weighted by Crippen LogP contribution is -2.21. The van der Waals surface area contributed by atoms with Gasteiger partial charge in [-0.3, -0.25) is 9.78 Å². The zero-order valence-electron chi connectivity index (χ0n) is 13.0. The van der Waals surface area contributed by atoms with Crippen molar-refractivity contribution in [2.24, 2.45) is 5.92 Å². The first-order chi connectivity index (χ1) is 10.6. The maximum atomic E-state index is 12.3. The first-order valence-electron chi connectivity index (χ1n) is 7.37. The molecule has 5 heteroatoms. The van der Waals surface area contributed by atoms with E-state index in [1.54, 1.807) is 12.4 Å². The summed E-state index contributed by atoms with van der Waals surface area (Å²) in [6, 6.07) is 6.03. The number of carbonyl (C=O) groups excluding carboxylic acids is 1. The SMILES string of the molecule is CCC(CC)C(=O)Nc1sc(-c2ccncc2)c(C)c1C#N. The van der Waals surface area contributed by atoms with E-state index in [9.17, 15) is 10.1 Å². The Labute approximate surface area is 134 Å². The molecule has 0 unspecified atom stereocenters.